The number of anilines is 2. The van der Waals surface area contributed by atoms with E-state index in [9.17, 15) is 0 Å². The van der Waals surface area contributed by atoms with E-state index in [-0.39, 0.29) is 0 Å². The summed E-state index contributed by atoms with van der Waals surface area (Å²) in [6, 6.07) is 85.1. The molecular weight excluding hydrogens is 771 g/mol. The van der Waals surface area contributed by atoms with Crippen molar-refractivity contribution in [2.45, 2.75) is 6.92 Å². The third-order valence-corrected chi connectivity index (χ3v) is 12.2. The molecule has 10 aromatic carbocycles. The van der Waals surface area contributed by atoms with Crippen LogP contribution in [-0.2, 0) is 0 Å². The van der Waals surface area contributed by atoms with Crippen molar-refractivity contribution in [3.8, 4) is 55.6 Å². The number of benzene rings is 10. The van der Waals surface area contributed by atoms with Gasteiger partial charge in [0.25, 0.3) is 0 Å². The van der Waals surface area contributed by atoms with Crippen LogP contribution in [0.25, 0.3) is 82.8 Å². The molecule has 0 radical (unpaired) electrons. The van der Waals surface area contributed by atoms with Crippen molar-refractivity contribution in [1.82, 2.24) is 0 Å². The summed E-state index contributed by atoms with van der Waals surface area (Å²) >= 11 is 0. The Balaban J connectivity index is 1.07. The van der Waals surface area contributed by atoms with E-state index in [0.29, 0.717) is 0 Å². The largest absolute Gasteiger partial charge is 0.311 e. The Hall–Kier alpha value is -8.26. The molecular formula is C63H47N. The third-order valence-electron chi connectivity index (χ3n) is 12.2. The van der Waals surface area contributed by atoms with Crippen LogP contribution in [-0.4, -0.2) is 0 Å². The molecule has 1 heteroatoms. The van der Waals surface area contributed by atoms with E-state index in [1.54, 1.807) is 0 Å². The van der Waals surface area contributed by atoms with Gasteiger partial charge in [-0.1, -0.05) is 225 Å². The normalized spacial score (nSPS) is 11.6. The van der Waals surface area contributed by atoms with E-state index in [1.165, 1.54) is 66.1 Å². The van der Waals surface area contributed by atoms with Crippen molar-refractivity contribution in [3.63, 3.8) is 0 Å². The zero-order valence-corrected chi connectivity index (χ0v) is 35.9. The van der Waals surface area contributed by atoms with Gasteiger partial charge in [0.1, 0.15) is 0 Å². The molecule has 10 aromatic rings. The minimum atomic E-state index is 0.941. The first-order chi connectivity index (χ1) is 31.6. The highest BCUT2D eigenvalue weighted by molar-refractivity contribution is 6.15. The minimum Gasteiger partial charge on any atom is -0.311 e. The van der Waals surface area contributed by atoms with Crippen molar-refractivity contribution < 1.29 is 0 Å². The molecule has 0 saturated carbocycles. The molecule has 0 unspecified atom stereocenters. The number of allylic oxidation sites excluding steroid dienone is 4. The fourth-order valence-electron chi connectivity index (χ4n) is 8.87. The molecule has 0 amide bonds. The highest BCUT2D eigenvalue weighted by Gasteiger charge is 2.19. The Labute approximate surface area is 376 Å². The highest BCUT2D eigenvalue weighted by Crippen LogP contribution is 2.43. The molecule has 0 saturated heterocycles. The van der Waals surface area contributed by atoms with Crippen LogP contribution in [0.2, 0.25) is 0 Å². The minimum absolute atomic E-state index is 0.941. The molecule has 0 aliphatic carbocycles. The van der Waals surface area contributed by atoms with Crippen molar-refractivity contribution in [1.29, 1.82) is 0 Å². The van der Waals surface area contributed by atoms with Gasteiger partial charge in [-0.2, -0.15) is 0 Å². The first-order valence-electron chi connectivity index (χ1n) is 22.0. The number of fused-ring (bicyclic) bond motifs is 3. The predicted octanol–water partition coefficient (Wildman–Crippen LogP) is 17.6. The molecule has 0 fully saturated rings. The van der Waals surface area contributed by atoms with E-state index in [4.69, 9.17) is 0 Å². The maximum atomic E-state index is 4.52. The second-order valence-corrected chi connectivity index (χ2v) is 16.1. The Morgan fingerprint density at radius 1 is 0.359 bits per heavy atom. The topological polar surface area (TPSA) is 3.24 Å². The quantitative estimate of drug-likeness (QED) is 0.0928. The Bertz CT molecular complexity index is 3290. The smallest absolute Gasteiger partial charge is 0.0468 e. The number of rotatable bonds is 11. The summed E-state index contributed by atoms with van der Waals surface area (Å²) in [6.07, 6.45) is 6.51. The highest BCUT2D eigenvalue weighted by atomic mass is 15.1. The molecule has 64 heavy (non-hydrogen) atoms. The van der Waals surface area contributed by atoms with Crippen LogP contribution in [0.4, 0.5) is 11.4 Å². The molecule has 0 atom stereocenters. The maximum absolute atomic E-state index is 4.52. The molecule has 0 aromatic heterocycles. The van der Waals surface area contributed by atoms with E-state index in [0.717, 1.165) is 39.3 Å². The van der Waals surface area contributed by atoms with Crippen molar-refractivity contribution in [2.24, 2.45) is 0 Å². The van der Waals surface area contributed by atoms with Crippen molar-refractivity contribution in [3.05, 3.63) is 273 Å². The molecule has 0 spiro atoms. The fourth-order valence-corrected chi connectivity index (χ4v) is 8.87. The fraction of sp³-hybridized carbons (Fsp3) is 0.0159. The lowest BCUT2D eigenvalue weighted by Gasteiger charge is -2.28. The van der Waals surface area contributed by atoms with Crippen LogP contribution in [0.15, 0.2) is 267 Å². The van der Waals surface area contributed by atoms with Crippen LogP contribution in [0, 0.1) is 0 Å². The number of nitrogens with zero attached hydrogens (tertiary/aromatic N) is 1. The molecule has 0 N–H and O–H groups in total. The summed E-state index contributed by atoms with van der Waals surface area (Å²) in [5.41, 5.74) is 17.1. The zero-order valence-electron chi connectivity index (χ0n) is 35.9. The lowest BCUT2D eigenvalue weighted by molar-refractivity contribution is 1.20. The average Bonchev–Trinajstić information content (AvgIpc) is 3.38. The SMILES string of the molecule is C=C(/C=C\C(=C/C)N(c1ccc(-c2ccc(-c3ccccc3)cc2)cc1)c1ccc(-c2cc3ccccc3c3ccccc23)c(-c2ccccc2)c1)c1ccc(-c2ccccc2)cc1. The van der Waals surface area contributed by atoms with Gasteiger partial charge < -0.3 is 4.90 Å². The van der Waals surface area contributed by atoms with Gasteiger partial charge >= 0.3 is 0 Å². The first kappa shape index (κ1) is 39.9. The van der Waals surface area contributed by atoms with Gasteiger partial charge in [-0.3, -0.25) is 0 Å². The molecule has 304 valence electrons. The molecule has 1 nitrogen and oxygen atoms in total. The summed E-state index contributed by atoms with van der Waals surface area (Å²) in [4.78, 5) is 2.36. The molecule has 10 rings (SSSR count). The van der Waals surface area contributed by atoms with Gasteiger partial charge in [0.2, 0.25) is 0 Å². The second kappa shape index (κ2) is 18.0. The Morgan fingerprint density at radius 2 is 0.812 bits per heavy atom. The van der Waals surface area contributed by atoms with E-state index < -0.39 is 0 Å². The Kier molecular flexibility index (Phi) is 11.2. The lowest BCUT2D eigenvalue weighted by atomic mass is 9.88. The number of hydrogen-bond donors (Lipinski definition) is 0. The number of hydrogen-bond acceptors (Lipinski definition) is 1. The maximum Gasteiger partial charge on any atom is 0.0468 e. The van der Waals surface area contributed by atoms with Crippen LogP contribution in [0.1, 0.15) is 12.5 Å². The van der Waals surface area contributed by atoms with Crippen LogP contribution >= 0.6 is 0 Å². The first-order valence-corrected chi connectivity index (χ1v) is 22.0. The van der Waals surface area contributed by atoms with Crippen molar-refractivity contribution in [2.75, 3.05) is 4.90 Å². The van der Waals surface area contributed by atoms with Gasteiger partial charge in [-0.05, 0) is 132 Å². The van der Waals surface area contributed by atoms with E-state index >= 15 is 0 Å². The third kappa shape index (κ3) is 8.11. The Morgan fingerprint density at radius 3 is 1.39 bits per heavy atom. The molecule has 0 aliphatic heterocycles. The van der Waals surface area contributed by atoms with Gasteiger partial charge in [0.05, 0.1) is 0 Å². The summed E-state index contributed by atoms with van der Waals surface area (Å²) in [5, 5.41) is 4.99. The molecule has 0 heterocycles. The zero-order chi connectivity index (χ0) is 43.2. The standard InChI is InChI=1S/C63H47N/c1-3-55(38-27-45(2)46-28-30-49(31-29-46)47-17-7-4-8-18-47)64(56-39-36-52(37-40-56)51-34-32-50(33-35-51)48-19-9-5-10-20-48)57-41-42-61(62(44-57)53-21-11-6-12-22-53)63-43-54-23-13-14-24-58(54)59-25-15-16-26-60(59)63/h3-44H,2H2,1H3/b38-27-,55-3+. The van der Waals surface area contributed by atoms with Gasteiger partial charge in [-0.15, -0.1) is 0 Å². The lowest BCUT2D eigenvalue weighted by Crippen LogP contribution is -2.15. The predicted molar refractivity (Wildman–Crippen MR) is 276 cm³/mol. The summed E-state index contributed by atoms with van der Waals surface area (Å²) in [6.45, 7) is 6.63. The monoisotopic (exact) mass is 817 g/mol. The van der Waals surface area contributed by atoms with Crippen LogP contribution < -0.4 is 4.90 Å². The second-order valence-electron chi connectivity index (χ2n) is 16.1. The van der Waals surface area contributed by atoms with Crippen LogP contribution in [0.3, 0.4) is 0 Å². The van der Waals surface area contributed by atoms with Gasteiger partial charge in [0, 0.05) is 17.1 Å². The van der Waals surface area contributed by atoms with Crippen LogP contribution in [0.5, 0.6) is 0 Å². The molecule has 0 aliphatic rings. The summed E-state index contributed by atoms with van der Waals surface area (Å²) in [7, 11) is 0. The van der Waals surface area contributed by atoms with Gasteiger partial charge in [-0.25, -0.2) is 0 Å². The summed E-state index contributed by atoms with van der Waals surface area (Å²) < 4.78 is 0. The van der Waals surface area contributed by atoms with E-state index in [1.807, 2.05) is 0 Å². The van der Waals surface area contributed by atoms with Crippen molar-refractivity contribution >= 4 is 38.5 Å². The molecule has 0 bridgehead atoms. The average molecular weight is 818 g/mol. The summed E-state index contributed by atoms with van der Waals surface area (Å²) in [5.74, 6) is 0. The van der Waals surface area contributed by atoms with E-state index in [2.05, 4.69) is 273 Å². The van der Waals surface area contributed by atoms with Gasteiger partial charge in [0.15, 0.2) is 0 Å².